The number of carbonyl (C=O) groups excluding carboxylic acids is 1. The van der Waals surface area contributed by atoms with Crippen molar-refractivity contribution in [3.05, 3.63) is 56.9 Å². The number of pyridine rings is 2. The molecule has 2 aliphatic heterocycles. The van der Waals surface area contributed by atoms with Crippen molar-refractivity contribution in [3.8, 4) is 0 Å². The minimum Gasteiger partial charge on any atom is -0.444 e. The van der Waals surface area contributed by atoms with Crippen LogP contribution in [0.2, 0.25) is 0 Å². The Hall–Kier alpha value is -4.07. The molecule has 2 aromatic rings. The lowest BCUT2D eigenvalue weighted by Gasteiger charge is -2.36. The first-order valence-corrected chi connectivity index (χ1v) is 11.9. The van der Waals surface area contributed by atoms with Gasteiger partial charge in [-0.25, -0.2) is 14.8 Å². The highest BCUT2D eigenvalue weighted by Crippen LogP contribution is 2.19. The first-order chi connectivity index (χ1) is 17.5. The van der Waals surface area contributed by atoms with Crippen molar-refractivity contribution in [2.24, 2.45) is 0 Å². The van der Waals surface area contributed by atoms with Crippen molar-refractivity contribution in [2.75, 3.05) is 62.2 Å². The summed E-state index contributed by atoms with van der Waals surface area (Å²) in [6, 6.07) is 6.25. The zero-order chi connectivity index (χ0) is 27.0. The summed E-state index contributed by atoms with van der Waals surface area (Å²) in [6.45, 7) is 11.5. The van der Waals surface area contributed by atoms with E-state index in [9.17, 15) is 25.0 Å². The number of ether oxygens (including phenoxy) is 1. The van der Waals surface area contributed by atoms with E-state index in [1.165, 1.54) is 24.5 Å². The van der Waals surface area contributed by atoms with Gasteiger partial charge >= 0.3 is 6.09 Å². The maximum atomic E-state index is 12.0. The van der Waals surface area contributed by atoms with Gasteiger partial charge in [0, 0.05) is 64.5 Å². The van der Waals surface area contributed by atoms with E-state index < -0.39 is 15.4 Å². The zero-order valence-electron chi connectivity index (χ0n) is 21.2. The van der Waals surface area contributed by atoms with Gasteiger partial charge in [-0.1, -0.05) is 0 Å². The number of piperazine rings is 2. The molecule has 0 aliphatic carbocycles. The van der Waals surface area contributed by atoms with Crippen LogP contribution in [0.5, 0.6) is 0 Å². The molecule has 2 fully saturated rings. The molecule has 1 N–H and O–H groups in total. The number of nitrogens with one attached hydrogen (secondary N) is 1. The SMILES string of the molecule is CC(C)(C)OC(=O)N1CCN(c2ccc([N+](=O)[O-])cn2)CC1.O=[N+]([O-])c1ccc(N2CCNCC2)nc1. The molecular formula is C23H32N8O6. The van der Waals surface area contributed by atoms with E-state index >= 15 is 0 Å². The van der Waals surface area contributed by atoms with Crippen LogP contribution in [0, 0.1) is 20.2 Å². The molecule has 2 aromatic heterocycles. The summed E-state index contributed by atoms with van der Waals surface area (Å²) < 4.78 is 5.34. The Labute approximate surface area is 214 Å². The lowest BCUT2D eigenvalue weighted by molar-refractivity contribution is -0.385. The van der Waals surface area contributed by atoms with Crippen molar-refractivity contribution >= 4 is 29.1 Å². The molecule has 0 radical (unpaired) electrons. The summed E-state index contributed by atoms with van der Waals surface area (Å²) in [7, 11) is 0. The normalized spacial score (nSPS) is 15.9. The van der Waals surface area contributed by atoms with Crippen LogP contribution in [0.1, 0.15) is 20.8 Å². The predicted octanol–water partition coefficient (Wildman–Crippen LogP) is 2.45. The number of hydrogen-bond donors (Lipinski definition) is 1. The number of nitrogens with zero attached hydrogens (tertiary/aromatic N) is 7. The topological polar surface area (TPSA) is 160 Å². The quantitative estimate of drug-likeness (QED) is 0.469. The first-order valence-electron chi connectivity index (χ1n) is 11.9. The van der Waals surface area contributed by atoms with Crippen LogP contribution in [-0.2, 0) is 4.74 Å². The maximum absolute atomic E-state index is 12.0. The number of anilines is 2. The highest BCUT2D eigenvalue weighted by Gasteiger charge is 2.26. The average molecular weight is 517 g/mol. The number of rotatable bonds is 4. The van der Waals surface area contributed by atoms with Crippen LogP contribution in [0.3, 0.4) is 0 Å². The fraction of sp³-hybridized carbons (Fsp3) is 0.522. The second-order valence-corrected chi connectivity index (χ2v) is 9.45. The molecular weight excluding hydrogens is 484 g/mol. The molecule has 0 spiro atoms. The number of nitro groups is 2. The minimum atomic E-state index is -0.506. The Morgan fingerprint density at radius 2 is 1.30 bits per heavy atom. The number of carbonyl (C=O) groups is 1. The summed E-state index contributed by atoms with van der Waals surface area (Å²) in [5.41, 5.74) is -0.501. The van der Waals surface area contributed by atoms with Gasteiger partial charge in [0.05, 0.1) is 9.85 Å². The van der Waals surface area contributed by atoms with E-state index in [2.05, 4.69) is 20.2 Å². The Morgan fingerprint density at radius 1 is 0.838 bits per heavy atom. The minimum absolute atomic E-state index is 0.0314. The molecule has 14 heteroatoms. The third-order valence-corrected chi connectivity index (χ3v) is 5.58. The van der Waals surface area contributed by atoms with E-state index in [-0.39, 0.29) is 17.5 Å². The van der Waals surface area contributed by atoms with Gasteiger partial charge in [-0.2, -0.15) is 0 Å². The zero-order valence-corrected chi connectivity index (χ0v) is 21.2. The molecule has 2 aliphatic rings. The van der Waals surface area contributed by atoms with Crippen LogP contribution in [-0.4, -0.2) is 88.8 Å². The molecule has 4 heterocycles. The molecule has 0 bridgehead atoms. The van der Waals surface area contributed by atoms with E-state index in [4.69, 9.17) is 4.74 Å². The standard InChI is InChI=1S/C14H20N4O4.C9H12N4O2/c1-14(2,3)22-13(19)17-8-6-16(7-9-17)12-5-4-11(10-15-12)18(20)21;14-13(15)8-1-2-9(11-7-8)12-5-3-10-4-6-12/h4-5,10H,6-9H2,1-3H3;1-2,7,10H,3-6H2. The van der Waals surface area contributed by atoms with E-state index in [0.29, 0.717) is 32.0 Å². The van der Waals surface area contributed by atoms with Gasteiger partial charge in [0.1, 0.15) is 29.6 Å². The lowest BCUT2D eigenvalue weighted by Crippen LogP contribution is -2.50. The molecule has 0 aromatic carbocycles. The summed E-state index contributed by atoms with van der Waals surface area (Å²) in [4.78, 5) is 46.0. The van der Waals surface area contributed by atoms with Crippen LogP contribution in [0.4, 0.5) is 27.8 Å². The molecule has 1 amide bonds. The molecule has 37 heavy (non-hydrogen) atoms. The molecule has 2 saturated heterocycles. The van der Waals surface area contributed by atoms with Crippen molar-refractivity contribution in [1.82, 2.24) is 20.2 Å². The third kappa shape index (κ3) is 8.24. The van der Waals surface area contributed by atoms with Crippen molar-refractivity contribution in [3.63, 3.8) is 0 Å². The second kappa shape index (κ2) is 12.3. The molecule has 0 atom stereocenters. The van der Waals surface area contributed by atoms with E-state index in [1.54, 1.807) is 17.0 Å². The summed E-state index contributed by atoms with van der Waals surface area (Å²) in [6.07, 6.45) is 2.23. The molecule has 14 nitrogen and oxygen atoms in total. The van der Waals surface area contributed by atoms with Crippen molar-refractivity contribution in [1.29, 1.82) is 0 Å². The Kier molecular flexibility index (Phi) is 9.11. The second-order valence-electron chi connectivity index (χ2n) is 9.45. The van der Waals surface area contributed by atoms with E-state index in [0.717, 1.165) is 32.0 Å². The van der Waals surface area contributed by atoms with Crippen molar-refractivity contribution < 1.29 is 19.4 Å². The average Bonchev–Trinajstić information content (AvgIpc) is 2.89. The highest BCUT2D eigenvalue weighted by molar-refractivity contribution is 5.68. The molecule has 0 saturated carbocycles. The molecule has 200 valence electrons. The Balaban J connectivity index is 0.000000220. The van der Waals surface area contributed by atoms with E-state index in [1.807, 2.05) is 25.7 Å². The largest absolute Gasteiger partial charge is 0.444 e. The van der Waals surface area contributed by atoms with Gasteiger partial charge in [-0.05, 0) is 32.9 Å². The fourth-order valence-electron chi connectivity index (χ4n) is 3.69. The van der Waals surface area contributed by atoms with Gasteiger partial charge in [0.15, 0.2) is 0 Å². The summed E-state index contributed by atoms with van der Waals surface area (Å²) >= 11 is 0. The summed E-state index contributed by atoms with van der Waals surface area (Å²) in [5, 5.41) is 24.3. The first kappa shape index (κ1) is 27.5. The Bertz CT molecular complexity index is 1060. The predicted molar refractivity (Wildman–Crippen MR) is 137 cm³/mol. The fourth-order valence-corrected chi connectivity index (χ4v) is 3.69. The summed E-state index contributed by atoms with van der Waals surface area (Å²) in [5.74, 6) is 1.48. The number of amides is 1. The van der Waals surface area contributed by atoms with Crippen LogP contribution in [0.15, 0.2) is 36.7 Å². The van der Waals surface area contributed by atoms with Crippen molar-refractivity contribution in [2.45, 2.75) is 26.4 Å². The monoisotopic (exact) mass is 516 g/mol. The smallest absolute Gasteiger partial charge is 0.410 e. The Morgan fingerprint density at radius 3 is 1.68 bits per heavy atom. The lowest BCUT2D eigenvalue weighted by atomic mass is 10.2. The number of aromatic nitrogens is 2. The van der Waals surface area contributed by atoms with Crippen LogP contribution >= 0.6 is 0 Å². The number of hydrogen-bond acceptors (Lipinski definition) is 11. The molecule has 4 rings (SSSR count). The van der Waals surface area contributed by atoms with Crippen LogP contribution < -0.4 is 15.1 Å². The maximum Gasteiger partial charge on any atom is 0.410 e. The van der Waals surface area contributed by atoms with Gasteiger partial charge < -0.3 is 24.8 Å². The molecule has 0 unspecified atom stereocenters. The van der Waals surface area contributed by atoms with Crippen LogP contribution in [0.25, 0.3) is 0 Å². The van der Waals surface area contributed by atoms with Gasteiger partial charge in [0.25, 0.3) is 11.4 Å². The third-order valence-electron chi connectivity index (χ3n) is 5.58. The van der Waals surface area contributed by atoms with Gasteiger partial charge in [-0.3, -0.25) is 20.2 Å². The van der Waals surface area contributed by atoms with Gasteiger partial charge in [0.2, 0.25) is 0 Å². The van der Waals surface area contributed by atoms with Gasteiger partial charge in [-0.15, -0.1) is 0 Å². The highest BCUT2D eigenvalue weighted by atomic mass is 16.6.